The van der Waals surface area contributed by atoms with Gasteiger partial charge in [0.15, 0.2) is 8.32 Å². The van der Waals surface area contributed by atoms with Crippen molar-refractivity contribution in [1.29, 1.82) is 0 Å². The summed E-state index contributed by atoms with van der Waals surface area (Å²) in [7, 11) is -1.47. The summed E-state index contributed by atoms with van der Waals surface area (Å²) in [5.74, 6) is 1.04. The zero-order valence-corrected chi connectivity index (χ0v) is 12.2. The number of rotatable bonds is 5. The van der Waals surface area contributed by atoms with Gasteiger partial charge in [-0.1, -0.05) is 40.0 Å². The van der Waals surface area contributed by atoms with Crippen LogP contribution in [0.1, 0.15) is 52.9 Å². The van der Waals surface area contributed by atoms with E-state index in [-0.39, 0.29) is 0 Å². The molecule has 1 saturated carbocycles. The van der Waals surface area contributed by atoms with Gasteiger partial charge >= 0.3 is 0 Å². The zero-order chi connectivity index (χ0) is 11.5. The highest BCUT2D eigenvalue weighted by Crippen LogP contribution is 2.37. The molecule has 1 nitrogen and oxygen atoms in total. The van der Waals surface area contributed by atoms with E-state index in [0.717, 1.165) is 12.5 Å². The summed E-state index contributed by atoms with van der Waals surface area (Å²) in [5, 5.41) is 0.365. The van der Waals surface area contributed by atoms with Crippen LogP contribution in [-0.4, -0.2) is 14.9 Å². The van der Waals surface area contributed by atoms with Crippen LogP contribution >= 0.6 is 0 Å². The highest BCUT2D eigenvalue weighted by Gasteiger charge is 2.36. The van der Waals surface area contributed by atoms with Gasteiger partial charge in [-0.2, -0.15) is 0 Å². The van der Waals surface area contributed by atoms with Gasteiger partial charge in [-0.25, -0.2) is 0 Å². The first kappa shape index (κ1) is 13.2. The van der Waals surface area contributed by atoms with Gasteiger partial charge in [-0.05, 0) is 36.9 Å². The van der Waals surface area contributed by atoms with Crippen LogP contribution in [0.25, 0.3) is 0 Å². The summed E-state index contributed by atoms with van der Waals surface area (Å²) in [5.41, 5.74) is 0. The molecule has 1 rings (SSSR count). The molecule has 0 amide bonds. The van der Waals surface area contributed by atoms with Gasteiger partial charge in [0.1, 0.15) is 0 Å². The molecule has 0 saturated heterocycles. The molecule has 90 valence electrons. The van der Waals surface area contributed by atoms with E-state index in [1.165, 1.54) is 32.1 Å². The van der Waals surface area contributed by atoms with Crippen LogP contribution in [0, 0.1) is 5.92 Å². The molecular formula is C13H28OSi. The van der Waals surface area contributed by atoms with E-state index < -0.39 is 8.32 Å². The molecule has 1 fully saturated rings. The van der Waals surface area contributed by atoms with Crippen molar-refractivity contribution in [3.05, 3.63) is 0 Å². The standard InChI is InChI=1S/C13H28OSi/c1-13(2,3)15(4,5)14-11-7-10-12-8-6-9-12/h12H,6-11H2,1-5H3. The van der Waals surface area contributed by atoms with Gasteiger partial charge in [-0.3, -0.25) is 0 Å². The predicted octanol–water partition coefficient (Wildman–Crippen LogP) is 4.59. The molecule has 0 unspecified atom stereocenters. The van der Waals surface area contributed by atoms with E-state index in [9.17, 15) is 0 Å². The molecule has 0 aromatic carbocycles. The van der Waals surface area contributed by atoms with Crippen molar-refractivity contribution in [2.45, 2.75) is 71.0 Å². The van der Waals surface area contributed by atoms with Crippen molar-refractivity contribution in [2.75, 3.05) is 6.61 Å². The van der Waals surface area contributed by atoms with E-state index in [2.05, 4.69) is 33.9 Å². The van der Waals surface area contributed by atoms with Crippen LogP contribution in [0.15, 0.2) is 0 Å². The minimum atomic E-state index is -1.47. The van der Waals surface area contributed by atoms with Crippen LogP contribution in [0.2, 0.25) is 18.1 Å². The second-order valence-electron chi connectivity index (χ2n) is 6.55. The molecule has 1 aliphatic rings. The van der Waals surface area contributed by atoms with Crippen LogP contribution in [-0.2, 0) is 4.43 Å². The van der Waals surface area contributed by atoms with Crippen molar-refractivity contribution in [1.82, 2.24) is 0 Å². The molecule has 0 atom stereocenters. The molecule has 0 spiro atoms. The summed E-state index contributed by atoms with van der Waals surface area (Å²) in [6.45, 7) is 12.6. The molecule has 0 radical (unpaired) electrons. The van der Waals surface area contributed by atoms with Crippen molar-refractivity contribution >= 4 is 8.32 Å². The normalized spacial score (nSPS) is 19.0. The van der Waals surface area contributed by atoms with Gasteiger partial charge in [0.05, 0.1) is 0 Å². The lowest BCUT2D eigenvalue weighted by Crippen LogP contribution is -2.41. The average Bonchev–Trinajstić information content (AvgIpc) is 1.98. The lowest BCUT2D eigenvalue weighted by molar-refractivity contribution is 0.235. The summed E-state index contributed by atoms with van der Waals surface area (Å²) in [6, 6.07) is 0. The van der Waals surface area contributed by atoms with Crippen LogP contribution < -0.4 is 0 Å². The number of hydrogen-bond acceptors (Lipinski definition) is 1. The van der Waals surface area contributed by atoms with E-state index in [1.807, 2.05) is 0 Å². The first-order valence-electron chi connectivity index (χ1n) is 6.47. The largest absolute Gasteiger partial charge is 0.417 e. The second-order valence-corrected chi connectivity index (χ2v) is 11.4. The molecule has 2 heteroatoms. The fourth-order valence-corrected chi connectivity index (χ4v) is 2.78. The van der Waals surface area contributed by atoms with E-state index in [1.54, 1.807) is 0 Å². The lowest BCUT2D eigenvalue weighted by Gasteiger charge is -2.36. The Kier molecular flexibility index (Phi) is 4.42. The predicted molar refractivity (Wildman–Crippen MR) is 69.7 cm³/mol. The Morgan fingerprint density at radius 2 is 1.80 bits per heavy atom. The first-order chi connectivity index (χ1) is 6.83. The maximum absolute atomic E-state index is 6.15. The Hall–Kier alpha value is 0.177. The Balaban J connectivity index is 2.12. The molecule has 0 aromatic rings. The average molecular weight is 228 g/mol. The topological polar surface area (TPSA) is 9.23 Å². The van der Waals surface area contributed by atoms with E-state index >= 15 is 0 Å². The molecule has 0 aliphatic heterocycles. The molecule has 15 heavy (non-hydrogen) atoms. The zero-order valence-electron chi connectivity index (χ0n) is 11.2. The SMILES string of the molecule is CC(C)(C)[Si](C)(C)OCCCC1CCC1. The Bertz CT molecular complexity index is 189. The van der Waals surface area contributed by atoms with Crippen molar-refractivity contribution in [3.8, 4) is 0 Å². The van der Waals surface area contributed by atoms with Crippen molar-refractivity contribution < 1.29 is 4.43 Å². The third-order valence-corrected chi connectivity index (χ3v) is 8.79. The Morgan fingerprint density at radius 3 is 2.20 bits per heavy atom. The summed E-state index contributed by atoms with van der Waals surface area (Å²) in [4.78, 5) is 0. The van der Waals surface area contributed by atoms with Crippen molar-refractivity contribution in [2.24, 2.45) is 5.92 Å². The molecule has 0 bridgehead atoms. The molecule has 0 heterocycles. The van der Waals surface area contributed by atoms with E-state index in [0.29, 0.717) is 5.04 Å². The highest BCUT2D eigenvalue weighted by molar-refractivity contribution is 6.74. The molecular weight excluding hydrogens is 200 g/mol. The van der Waals surface area contributed by atoms with Gasteiger partial charge in [0, 0.05) is 6.61 Å². The minimum absolute atomic E-state index is 0.365. The monoisotopic (exact) mass is 228 g/mol. The number of hydrogen-bond donors (Lipinski definition) is 0. The second kappa shape index (κ2) is 5.01. The van der Waals surface area contributed by atoms with Crippen LogP contribution in [0.4, 0.5) is 0 Å². The minimum Gasteiger partial charge on any atom is -0.417 e. The maximum atomic E-state index is 6.15. The maximum Gasteiger partial charge on any atom is 0.191 e. The van der Waals surface area contributed by atoms with Gasteiger partial charge < -0.3 is 4.43 Å². The molecule has 0 N–H and O–H groups in total. The van der Waals surface area contributed by atoms with Gasteiger partial charge in [0.2, 0.25) is 0 Å². The lowest BCUT2D eigenvalue weighted by atomic mass is 9.82. The van der Waals surface area contributed by atoms with E-state index in [4.69, 9.17) is 4.43 Å². The fraction of sp³-hybridized carbons (Fsp3) is 1.00. The third-order valence-electron chi connectivity index (χ3n) is 4.25. The summed E-state index contributed by atoms with van der Waals surface area (Å²) >= 11 is 0. The third kappa shape index (κ3) is 3.91. The van der Waals surface area contributed by atoms with Gasteiger partial charge in [0.25, 0.3) is 0 Å². The smallest absolute Gasteiger partial charge is 0.191 e. The highest BCUT2D eigenvalue weighted by atomic mass is 28.4. The molecule has 0 aromatic heterocycles. The van der Waals surface area contributed by atoms with Crippen LogP contribution in [0.5, 0.6) is 0 Å². The van der Waals surface area contributed by atoms with Gasteiger partial charge in [-0.15, -0.1) is 0 Å². The van der Waals surface area contributed by atoms with Crippen LogP contribution in [0.3, 0.4) is 0 Å². The quantitative estimate of drug-likeness (QED) is 0.494. The summed E-state index contributed by atoms with van der Waals surface area (Å²) in [6.07, 6.45) is 7.08. The first-order valence-corrected chi connectivity index (χ1v) is 9.38. The summed E-state index contributed by atoms with van der Waals surface area (Å²) < 4.78 is 6.15. The Labute approximate surface area is 96.7 Å². The fourth-order valence-electron chi connectivity index (χ4n) is 1.70. The Morgan fingerprint density at radius 1 is 1.20 bits per heavy atom. The van der Waals surface area contributed by atoms with Crippen molar-refractivity contribution in [3.63, 3.8) is 0 Å². The molecule has 1 aliphatic carbocycles.